The van der Waals surface area contributed by atoms with Gasteiger partial charge in [0.2, 0.25) is 0 Å². The average Bonchev–Trinajstić information content (AvgIpc) is 2.29. The van der Waals surface area contributed by atoms with Gasteiger partial charge in [0, 0.05) is 18.4 Å². The molecule has 0 aliphatic rings. The van der Waals surface area contributed by atoms with Crippen molar-refractivity contribution in [3.8, 4) is 0 Å². The zero-order chi connectivity index (χ0) is 13.4. The predicted molar refractivity (Wildman–Crippen MR) is 78.6 cm³/mol. The van der Waals surface area contributed by atoms with Crippen LogP contribution in [0.3, 0.4) is 0 Å². The van der Waals surface area contributed by atoms with Crippen molar-refractivity contribution < 1.29 is 0 Å². The number of aromatic nitrogens is 1. The van der Waals surface area contributed by atoms with E-state index in [1.165, 1.54) is 18.4 Å². The lowest BCUT2D eigenvalue weighted by Gasteiger charge is -2.23. The molecule has 2 heteroatoms. The fraction of sp³-hybridized carbons (Fsp3) is 0.688. The molecule has 102 valence electrons. The van der Waals surface area contributed by atoms with Gasteiger partial charge in [0.15, 0.2) is 0 Å². The summed E-state index contributed by atoms with van der Waals surface area (Å²) in [5.41, 5.74) is 1.33. The molecule has 0 saturated carbocycles. The molecular formula is C16H28N2. The second kappa shape index (κ2) is 8.25. The van der Waals surface area contributed by atoms with Crippen LogP contribution in [-0.4, -0.2) is 17.6 Å². The van der Waals surface area contributed by atoms with Crippen molar-refractivity contribution in [2.24, 2.45) is 11.8 Å². The van der Waals surface area contributed by atoms with E-state index >= 15 is 0 Å². The van der Waals surface area contributed by atoms with E-state index in [-0.39, 0.29) is 0 Å². The van der Waals surface area contributed by atoms with Crippen molar-refractivity contribution in [2.75, 3.05) is 6.54 Å². The first-order chi connectivity index (χ1) is 8.61. The van der Waals surface area contributed by atoms with Crippen LogP contribution in [0, 0.1) is 11.8 Å². The highest BCUT2D eigenvalue weighted by atomic mass is 14.9. The lowest BCUT2D eigenvalue weighted by Crippen LogP contribution is -2.32. The third-order valence-corrected chi connectivity index (χ3v) is 3.26. The van der Waals surface area contributed by atoms with Crippen LogP contribution >= 0.6 is 0 Å². The minimum atomic E-state index is 0.577. The molecule has 0 aliphatic heterocycles. The number of nitrogens with zero attached hydrogens (tertiary/aromatic N) is 1. The predicted octanol–water partition coefficient (Wildman–Crippen LogP) is 3.67. The molecular weight excluding hydrogens is 220 g/mol. The molecule has 1 aromatic rings. The maximum absolute atomic E-state index is 4.20. The number of hydrogen-bond donors (Lipinski definition) is 1. The molecule has 2 unspecified atom stereocenters. The van der Waals surface area contributed by atoms with Gasteiger partial charge in [-0.05, 0) is 49.3 Å². The van der Waals surface area contributed by atoms with E-state index in [0.717, 1.165) is 24.8 Å². The molecule has 0 saturated heterocycles. The fourth-order valence-corrected chi connectivity index (χ4v) is 2.72. The topological polar surface area (TPSA) is 24.9 Å². The zero-order valence-corrected chi connectivity index (χ0v) is 12.3. The smallest absolute Gasteiger partial charge is 0.0300 e. The van der Waals surface area contributed by atoms with E-state index in [0.29, 0.717) is 6.04 Å². The molecule has 1 heterocycles. The normalized spacial score (nSPS) is 14.7. The van der Waals surface area contributed by atoms with Gasteiger partial charge in [-0.15, -0.1) is 0 Å². The molecule has 0 aliphatic carbocycles. The molecule has 0 aromatic carbocycles. The van der Waals surface area contributed by atoms with E-state index in [4.69, 9.17) is 0 Å². The highest BCUT2D eigenvalue weighted by Gasteiger charge is 2.14. The van der Waals surface area contributed by atoms with Crippen molar-refractivity contribution >= 4 is 0 Å². The number of hydrogen-bond acceptors (Lipinski definition) is 2. The highest BCUT2D eigenvalue weighted by Crippen LogP contribution is 2.18. The summed E-state index contributed by atoms with van der Waals surface area (Å²) in [6, 6.07) is 4.77. The molecule has 2 nitrogen and oxygen atoms in total. The van der Waals surface area contributed by atoms with Crippen molar-refractivity contribution in [1.29, 1.82) is 0 Å². The summed E-state index contributed by atoms with van der Waals surface area (Å²) in [4.78, 5) is 4.20. The summed E-state index contributed by atoms with van der Waals surface area (Å²) < 4.78 is 0. The molecule has 2 atom stereocenters. The Bertz CT molecular complexity index is 308. The largest absolute Gasteiger partial charge is 0.314 e. The molecule has 1 N–H and O–H groups in total. The van der Waals surface area contributed by atoms with Crippen LogP contribution < -0.4 is 5.32 Å². The SMILES string of the molecule is CCNC(Cc1cccnc1)CC(C)CC(C)C. The summed E-state index contributed by atoms with van der Waals surface area (Å²) in [7, 11) is 0. The fourth-order valence-electron chi connectivity index (χ4n) is 2.72. The summed E-state index contributed by atoms with van der Waals surface area (Å²) in [6.07, 6.45) is 7.48. The van der Waals surface area contributed by atoms with Gasteiger partial charge in [-0.3, -0.25) is 4.98 Å². The second-order valence-electron chi connectivity index (χ2n) is 5.79. The van der Waals surface area contributed by atoms with E-state index in [1.807, 2.05) is 18.5 Å². The molecule has 18 heavy (non-hydrogen) atoms. The molecule has 1 rings (SSSR count). The van der Waals surface area contributed by atoms with E-state index in [1.54, 1.807) is 0 Å². The van der Waals surface area contributed by atoms with E-state index < -0.39 is 0 Å². The van der Waals surface area contributed by atoms with Gasteiger partial charge in [-0.2, -0.15) is 0 Å². The van der Waals surface area contributed by atoms with E-state index in [2.05, 4.69) is 44.1 Å². The average molecular weight is 248 g/mol. The second-order valence-corrected chi connectivity index (χ2v) is 5.79. The Hall–Kier alpha value is -0.890. The molecule has 0 bridgehead atoms. The lowest BCUT2D eigenvalue weighted by atomic mass is 9.90. The van der Waals surface area contributed by atoms with Crippen LogP contribution in [0.5, 0.6) is 0 Å². The Morgan fingerprint density at radius 1 is 1.22 bits per heavy atom. The van der Waals surface area contributed by atoms with Gasteiger partial charge in [0.1, 0.15) is 0 Å². The van der Waals surface area contributed by atoms with Crippen LogP contribution in [0.4, 0.5) is 0 Å². The van der Waals surface area contributed by atoms with Gasteiger partial charge >= 0.3 is 0 Å². The van der Waals surface area contributed by atoms with Gasteiger partial charge in [-0.25, -0.2) is 0 Å². The third kappa shape index (κ3) is 6.15. The lowest BCUT2D eigenvalue weighted by molar-refractivity contribution is 0.353. The van der Waals surface area contributed by atoms with Gasteiger partial charge in [0.05, 0.1) is 0 Å². The van der Waals surface area contributed by atoms with Crippen LogP contribution in [0.25, 0.3) is 0 Å². The Morgan fingerprint density at radius 3 is 2.56 bits per heavy atom. The first-order valence-electron chi connectivity index (χ1n) is 7.24. The van der Waals surface area contributed by atoms with Crippen molar-refractivity contribution in [3.05, 3.63) is 30.1 Å². The summed E-state index contributed by atoms with van der Waals surface area (Å²) in [5.74, 6) is 1.58. The van der Waals surface area contributed by atoms with Crippen molar-refractivity contribution in [1.82, 2.24) is 10.3 Å². The first kappa shape index (κ1) is 15.2. The van der Waals surface area contributed by atoms with Crippen LogP contribution in [-0.2, 0) is 6.42 Å². The Morgan fingerprint density at radius 2 is 2.00 bits per heavy atom. The van der Waals surface area contributed by atoms with Gasteiger partial charge in [0.25, 0.3) is 0 Å². The van der Waals surface area contributed by atoms with Crippen LogP contribution in [0.15, 0.2) is 24.5 Å². The molecule has 0 amide bonds. The zero-order valence-electron chi connectivity index (χ0n) is 12.3. The molecule has 1 aromatic heterocycles. The van der Waals surface area contributed by atoms with Crippen LogP contribution in [0.2, 0.25) is 0 Å². The maximum Gasteiger partial charge on any atom is 0.0300 e. The Labute approximate surface area is 112 Å². The van der Waals surface area contributed by atoms with Crippen molar-refractivity contribution in [3.63, 3.8) is 0 Å². The third-order valence-electron chi connectivity index (χ3n) is 3.26. The quantitative estimate of drug-likeness (QED) is 0.759. The monoisotopic (exact) mass is 248 g/mol. The summed E-state index contributed by atoms with van der Waals surface area (Å²) >= 11 is 0. The summed E-state index contributed by atoms with van der Waals surface area (Å²) in [6.45, 7) is 10.2. The standard InChI is InChI=1S/C16H28N2/c1-5-18-16(10-14(4)9-13(2)3)11-15-7-6-8-17-12-15/h6-8,12-14,16,18H,5,9-11H2,1-4H3. The van der Waals surface area contributed by atoms with Gasteiger partial charge < -0.3 is 5.32 Å². The molecule has 0 fully saturated rings. The molecule has 0 spiro atoms. The Balaban J connectivity index is 2.49. The first-order valence-corrected chi connectivity index (χ1v) is 7.24. The van der Waals surface area contributed by atoms with Crippen molar-refractivity contribution in [2.45, 2.75) is 53.0 Å². The number of rotatable bonds is 8. The number of nitrogens with one attached hydrogen (secondary N) is 1. The molecule has 0 radical (unpaired) electrons. The minimum absolute atomic E-state index is 0.577. The van der Waals surface area contributed by atoms with Gasteiger partial charge in [-0.1, -0.05) is 33.8 Å². The van der Waals surface area contributed by atoms with Crippen LogP contribution in [0.1, 0.15) is 46.1 Å². The Kier molecular flexibility index (Phi) is 6.96. The minimum Gasteiger partial charge on any atom is -0.314 e. The number of pyridine rings is 1. The maximum atomic E-state index is 4.20. The van der Waals surface area contributed by atoms with E-state index in [9.17, 15) is 0 Å². The summed E-state index contributed by atoms with van der Waals surface area (Å²) in [5, 5.41) is 3.61. The highest BCUT2D eigenvalue weighted by molar-refractivity contribution is 5.10. The number of likely N-dealkylation sites (N-methyl/N-ethyl adjacent to an activating group) is 1.